The number of likely N-dealkylation sites (tertiary alicyclic amines) is 1. The van der Waals surface area contributed by atoms with Crippen molar-refractivity contribution >= 4 is 5.91 Å². The molecule has 2 rings (SSSR count). The molecule has 0 aromatic carbocycles. The smallest absolute Gasteiger partial charge is 0.231 e. The predicted octanol–water partition coefficient (Wildman–Crippen LogP) is 0.729. The number of carbonyl (C=O) groups excluding carboxylic acids is 1. The number of primary amides is 1. The lowest BCUT2D eigenvalue weighted by Gasteiger charge is -2.53. The SMILES string of the molecule is CCOC1CC(NC2CCN(CC(N)=O)CC2)C1(C)C. The molecular formula is C15H29N3O2. The Bertz CT molecular complexity index is 338. The second kappa shape index (κ2) is 6.41. The summed E-state index contributed by atoms with van der Waals surface area (Å²) in [7, 11) is 0. The fraction of sp³-hybridized carbons (Fsp3) is 0.933. The zero-order valence-electron chi connectivity index (χ0n) is 13.0. The van der Waals surface area contributed by atoms with Gasteiger partial charge in [0.05, 0.1) is 12.6 Å². The van der Waals surface area contributed by atoms with Crippen LogP contribution in [-0.4, -0.2) is 55.2 Å². The highest BCUT2D eigenvalue weighted by atomic mass is 16.5. The molecule has 1 saturated carbocycles. The number of carbonyl (C=O) groups is 1. The fourth-order valence-corrected chi connectivity index (χ4v) is 3.41. The lowest BCUT2D eigenvalue weighted by Crippen LogP contribution is -2.63. The second-order valence-electron chi connectivity index (χ2n) is 6.74. The van der Waals surface area contributed by atoms with Gasteiger partial charge in [0.15, 0.2) is 0 Å². The Labute approximate surface area is 122 Å². The predicted molar refractivity (Wildman–Crippen MR) is 79.4 cm³/mol. The summed E-state index contributed by atoms with van der Waals surface area (Å²) in [4.78, 5) is 13.1. The molecule has 20 heavy (non-hydrogen) atoms. The van der Waals surface area contributed by atoms with Gasteiger partial charge in [-0.1, -0.05) is 13.8 Å². The number of rotatable bonds is 6. The van der Waals surface area contributed by atoms with Gasteiger partial charge in [0.2, 0.25) is 5.91 Å². The van der Waals surface area contributed by atoms with E-state index < -0.39 is 0 Å². The van der Waals surface area contributed by atoms with Crippen molar-refractivity contribution in [2.45, 2.75) is 58.2 Å². The van der Waals surface area contributed by atoms with E-state index in [1.807, 2.05) is 0 Å². The Balaban J connectivity index is 1.73. The summed E-state index contributed by atoms with van der Waals surface area (Å²) < 4.78 is 5.77. The first-order chi connectivity index (χ1) is 9.43. The van der Waals surface area contributed by atoms with Crippen LogP contribution in [0.5, 0.6) is 0 Å². The number of piperidine rings is 1. The monoisotopic (exact) mass is 283 g/mol. The fourth-order valence-electron chi connectivity index (χ4n) is 3.41. The molecular weight excluding hydrogens is 254 g/mol. The van der Waals surface area contributed by atoms with E-state index in [2.05, 4.69) is 31.0 Å². The van der Waals surface area contributed by atoms with Crippen molar-refractivity contribution in [3.05, 3.63) is 0 Å². The van der Waals surface area contributed by atoms with E-state index in [0.717, 1.165) is 39.0 Å². The molecule has 5 nitrogen and oxygen atoms in total. The van der Waals surface area contributed by atoms with E-state index in [9.17, 15) is 4.79 Å². The van der Waals surface area contributed by atoms with Gasteiger partial charge in [-0.2, -0.15) is 0 Å². The molecule has 2 aliphatic rings. The van der Waals surface area contributed by atoms with Crippen LogP contribution in [0.15, 0.2) is 0 Å². The van der Waals surface area contributed by atoms with Crippen molar-refractivity contribution in [1.82, 2.24) is 10.2 Å². The summed E-state index contributed by atoms with van der Waals surface area (Å²) in [5, 5.41) is 3.78. The van der Waals surface area contributed by atoms with Crippen LogP contribution in [0.2, 0.25) is 0 Å². The number of amides is 1. The quantitative estimate of drug-likeness (QED) is 0.754. The van der Waals surface area contributed by atoms with Crippen molar-refractivity contribution in [1.29, 1.82) is 0 Å². The van der Waals surface area contributed by atoms with E-state index in [1.165, 1.54) is 0 Å². The Morgan fingerprint density at radius 3 is 2.55 bits per heavy atom. The van der Waals surface area contributed by atoms with Crippen LogP contribution in [-0.2, 0) is 9.53 Å². The maximum Gasteiger partial charge on any atom is 0.231 e. The van der Waals surface area contributed by atoms with Crippen molar-refractivity contribution < 1.29 is 9.53 Å². The molecule has 1 heterocycles. The molecule has 0 aromatic rings. The maximum absolute atomic E-state index is 10.9. The van der Waals surface area contributed by atoms with Crippen LogP contribution in [0, 0.1) is 5.41 Å². The van der Waals surface area contributed by atoms with Gasteiger partial charge in [-0.25, -0.2) is 0 Å². The molecule has 0 bridgehead atoms. The minimum Gasteiger partial charge on any atom is -0.378 e. The van der Waals surface area contributed by atoms with E-state index >= 15 is 0 Å². The Kier molecular flexibility index (Phi) is 5.04. The third kappa shape index (κ3) is 3.51. The summed E-state index contributed by atoms with van der Waals surface area (Å²) in [6.07, 6.45) is 3.70. The number of hydrogen-bond acceptors (Lipinski definition) is 4. The van der Waals surface area contributed by atoms with Crippen LogP contribution >= 0.6 is 0 Å². The average molecular weight is 283 g/mol. The zero-order valence-corrected chi connectivity index (χ0v) is 13.0. The van der Waals surface area contributed by atoms with Gasteiger partial charge in [-0.05, 0) is 26.2 Å². The normalized spacial score (nSPS) is 30.9. The van der Waals surface area contributed by atoms with Crippen molar-refractivity contribution in [2.24, 2.45) is 11.1 Å². The van der Waals surface area contributed by atoms with Gasteiger partial charge >= 0.3 is 0 Å². The van der Waals surface area contributed by atoms with E-state index in [-0.39, 0.29) is 11.3 Å². The van der Waals surface area contributed by atoms with Crippen molar-refractivity contribution in [3.8, 4) is 0 Å². The molecule has 1 aliphatic carbocycles. The first-order valence-corrected chi connectivity index (χ1v) is 7.81. The number of nitrogens with two attached hydrogens (primary N) is 1. The lowest BCUT2D eigenvalue weighted by atomic mass is 9.64. The first-order valence-electron chi connectivity index (χ1n) is 7.81. The van der Waals surface area contributed by atoms with Crippen LogP contribution < -0.4 is 11.1 Å². The minimum atomic E-state index is -0.226. The lowest BCUT2D eigenvalue weighted by molar-refractivity contribution is -0.120. The highest BCUT2D eigenvalue weighted by molar-refractivity contribution is 5.75. The van der Waals surface area contributed by atoms with E-state index in [4.69, 9.17) is 10.5 Å². The van der Waals surface area contributed by atoms with Crippen LogP contribution in [0.1, 0.15) is 40.0 Å². The minimum absolute atomic E-state index is 0.223. The largest absolute Gasteiger partial charge is 0.378 e. The molecule has 116 valence electrons. The molecule has 0 aromatic heterocycles. The first kappa shape index (κ1) is 15.7. The molecule has 2 fully saturated rings. The van der Waals surface area contributed by atoms with Gasteiger partial charge in [-0.3, -0.25) is 9.69 Å². The third-order valence-electron chi connectivity index (χ3n) is 4.95. The molecule has 2 unspecified atom stereocenters. The molecule has 3 N–H and O–H groups in total. The summed E-state index contributed by atoms with van der Waals surface area (Å²) in [6, 6.07) is 1.11. The highest BCUT2D eigenvalue weighted by Crippen LogP contribution is 2.43. The van der Waals surface area contributed by atoms with Crippen molar-refractivity contribution in [3.63, 3.8) is 0 Å². The molecule has 0 spiro atoms. The van der Waals surface area contributed by atoms with E-state index in [1.54, 1.807) is 0 Å². The summed E-state index contributed by atoms with van der Waals surface area (Å²) >= 11 is 0. The molecule has 0 radical (unpaired) electrons. The third-order valence-corrected chi connectivity index (χ3v) is 4.95. The van der Waals surface area contributed by atoms with Gasteiger partial charge < -0.3 is 15.8 Å². The van der Waals surface area contributed by atoms with Gasteiger partial charge in [0.1, 0.15) is 0 Å². The summed E-state index contributed by atoms with van der Waals surface area (Å²) in [6.45, 7) is 9.75. The highest BCUT2D eigenvalue weighted by Gasteiger charge is 2.49. The summed E-state index contributed by atoms with van der Waals surface area (Å²) in [5.74, 6) is -0.226. The zero-order chi connectivity index (χ0) is 14.8. The van der Waals surface area contributed by atoms with Crippen LogP contribution in [0.4, 0.5) is 0 Å². The molecule has 1 amide bonds. The van der Waals surface area contributed by atoms with Crippen LogP contribution in [0.25, 0.3) is 0 Å². The molecule has 1 aliphatic heterocycles. The number of nitrogens with zero attached hydrogens (tertiary/aromatic N) is 1. The Morgan fingerprint density at radius 1 is 1.40 bits per heavy atom. The standard InChI is InChI=1S/C15H29N3O2/c1-4-20-13-9-12(15(13,2)3)17-11-5-7-18(8-6-11)10-14(16)19/h11-13,17H,4-10H2,1-3H3,(H2,16,19). The molecule has 2 atom stereocenters. The number of hydrogen-bond donors (Lipinski definition) is 2. The molecule has 1 saturated heterocycles. The van der Waals surface area contributed by atoms with Crippen LogP contribution in [0.3, 0.4) is 0 Å². The number of ether oxygens (including phenoxy) is 1. The second-order valence-corrected chi connectivity index (χ2v) is 6.74. The average Bonchev–Trinajstić information content (AvgIpc) is 2.39. The van der Waals surface area contributed by atoms with E-state index in [0.29, 0.717) is 24.7 Å². The topological polar surface area (TPSA) is 67.6 Å². The molecule has 5 heteroatoms. The van der Waals surface area contributed by atoms with Gasteiger partial charge in [0, 0.05) is 37.2 Å². The number of nitrogens with one attached hydrogen (secondary N) is 1. The Hall–Kier alpha value is -0.650. The Morgan fingerprint density at radius 2 is 2.05 bits per heavy atom. The maximum atomic E-state index is 10.9. The van der Waals surface area contributed by atoms with Gasteiger partial charge in [0.25, 0.3) is 0 Å². The van der Waals surface area contributed by atoms with Crippen molar-refractivity contribution in [2.75, 3.05) is 26.2 Å². The van der Waals surface area contributed by atoms with Gasteiger partial charge in [-0.15, -0.1) is 0 Å². The summed E-state index contributed by atoms with van der Waals surface area (Å²) in [5.41, 5.74) is 5.46.